The number of aromatic nitrogens is 3. The first-order chi connectivity index (χ1) is 10.8. The third kappa shape index (κ3) is 4.73. The van der Waals surface area contributed by atoms with E-state index in [9.17, 15) is 18.0 Å². The van der Waals surface area contributed by atoms with Crippen molar-refractivity contribution in [3.05, 3.63) is 6.33 Å². The van der Waals surface area contributed by atoms with Crippen LogP contribution in [0.25, 0.3) is 0 Å². The molecular weight excluding hydrogens is 324 g/mol. The van der Waals surface area contributed by atoms with E-state index in [4.69, 9.17) is 0 Å². The lowest BCUT2D eigenvalue weighted by Crippen LogP contribution is -2.49. The van der Waals surface area contributed by atoms with Crippen LogP contribution in [-0.2, 0) is 19.4 Å². The molecule has 2 heterocycles. The Balaban J connectivity index is 2.08. The maximum absolute atomic E-state index is 12.4. The highest BCUT2D eigenvalue weighted by Gasteiger charge is 2.36. The molecule has 2 rings (SSSR count). The van der Waals surface area contributed by atoms with Crippen LogP contribution in [0.1, 0.15) is 6.42 Å². The maximum atomic E-state index is 12.4. The average Bonchev–Trinajstić information content (AvgIpc) is 3.08. The molecule has 0 aromatic carbocycles. The van der Waals surface area contributed by atoms with Gasteiger partial charge in [0.25, 0.3) is 0 Å². The molecule has 1 aliphatic rings. The molecule has 1 saturated heterocycles. The van der Waals surface area contributed by atoms with Crippen molar-refractivity contribution < 1.29 is 18.0 Å². The smallest absolute Gasteiger partial charge is 0.316 e. The highest BCUT2D eigenvalue weighted by atomic mass is 32.2. The van der Waals surface area contributed by atoms with Crippen molar-refractivity contribution in [2.75, 3.05) is 44.0 Å². The van der Waals surface area contributed by atoms with Gasteiger partial charge in [-0.05, 0) is 20.5 Å². The molecule has 1 aliphatic heterocycles. The molecule has 1 atom stereocenters. The van der Waals surface area contributed by atoms with Crippen LogP contribution in [0.2, 0.25) is 0 Å². The number of hydrogen-bond donors (Lipinski definition) is 2. The fourth-order valence-electron chi connectivity index (χ4n) is 2.34. The van der Waals surface area contributed by atoms with Gasteiger partial charge in [0.15, 0.2) is 9.84 Å². The number of nitrogens with one attached hydrogen (secondary N) is 2. The molecule has 0 radical (unpaired) electrons. The van der Waals surface area contributed by atoms with Crippen LogP contribution in [0.4, 0.5) is 5.95 Å². The number of carbonyl (C=O) groups excluding carboxylic acids is 2. The van der Waals surface area contributed by atoms with Gasteiger partial charge in [-0.15, -0.1) is 0 Å². The number of sulfone groups is 1. The highest BCUT2D eigenvalue weighted by molar-refractivity contribution is 7.91. The molecule has 0 bridgehead atoms. The molecule has 2 N–H and O–H groups in total. The van der Waals surface area contributed by atoms with Crippen molar-refractivity contribution in [3.8, 4) is 0 Å². The van der Waals surface area contributed by atoms with Gasteiger partial charge in [0.05, 0.1) is 11.5 Å². The van der Waals surface area contributed by atoms with E-state index in [1.807, 2.05) is 19.0 Å². The second-order valence-electron chi connectivity index (χ2n) is 5.65. The third-order valence-corrected chi connectivity index (χ3v) is 5.29. The van der Waals surface area contributed by atoms with Gasteiger partial charge in [-0.1, -0.05) is 0 Å². The zero-order valence-corrected chi connectivity index (χ0v) is 13.8. The Labute approximate surface area is 134 Å². The first kappa shape index (κ1) is 17.3. The number of likely N-dealkylation sites (N-methyl/N-ethyl adjacent to an activating group) is 1. The third-order valence-electron chi connectivity index (χ3n) is 3.54. The summed E-state index contributed by atoms with van der Waals surface area (Å²) in [6.07, 6.45) is 1.55. The van der Waals surface area contributed by atoms with E-state index in [1.54, 1.807) is 0 Å². The summed E-state index contributed by atoms with van der Waals surface area (Å²) in [5.41, 5.74) is 0. The van der Waals surface area contributed by atoms with Crippen LogP contribution in [-0.4, -0.2) is 89.9 Å². The van der Waals surface area contributed by atoms with Crippen molar-refractivity contribution in [2.24, 2.45) is 0 Å². The second-order valence-corrected chi connectivity index (χ2v) is 7.88. The van der Waals surface area contributed by atoms with E-state index in [-0.39, 0.29) is 24.0 Å². The first-order valence-electron chi connectivity index (χ1n) is 7.11. The summed E-state index contributed by atoms with van der Waals surface area (Å²) in [5, 5.41) is 8.31. The van der Waals surface area contributed by atoms with E-state index in [1.165, 1.54) is 11.2 Å². The zero-order valence-electron chi connectivity index (χ0n) is 13.0. The first-order valence-corrected chi connectivity index (χ1v) is 8.93. The molecule has 11 heteroatoms. The summed E-state index contributed by atoms with van der Waals surface area (Å²) in [4.78, 5) is 31.4. The Bertz CT molecular complexity index is 657. The van der Waals surface area contributed by atoms with Gasteiger partial charge in [0.2, 0.25) is 5.95 Å². The van der Waals surface area contributed by atoms with Crippen molar-refractivity contribution in [3.63, 3.8) is 0 Å². The molecule has 1 fully saturated rings. The molecular formula is C12H20N6O4S. The Morgan fingerprint density at radius 1 is 1.39 bits per heavy atom. The lowest BCUT2D eigenvalue weighted by atomic mass is 10.2. The summed E-state index contributed by atoms with van der Waals surface area (Å²) in [7, 11) is 0.516. The molecule has 128 valence electrons. The zero-order chi connectivity index (χ0) is 17.0. The van der Waals surface area contributed by atoms with Crippen LogP contribution in [0.3, 0.4) is 0 Å². The van der Waals surface area contributed by atoms with Gasteiger partial charge in [0.1, 0.15) is 6.33 Å². The number of nitrogens with zero attached hydrogens (tertiary/aromatic N) is 4. The SMILES string of the molecule is CN(C)CCN(C(=O)C(=O)Nc1ncn[nH]1)C1CCS(=O)(=O)C1. The highest BCUT2D eigenvalue weighted by Crippen LogP contribution is 2.18. The van der Waals surface area contributed by atoms with Gasteiger partial charge >= 0.3 is 11.8 Å². The quantitative estimate of drug-likeness (QED) is 0.611. The Hall–Kier alpha value is -2.01. The van der Waals surface area contributed by atoms with Gasteiger partial charge in [-0.3, -0.25) is 14.9 Å². The second kappa shape index (κ2) is 7.04. The van der Waals surface area contributed by atoms with Crippen molar-refractivity contribution in [1.29, 1.82) is 0 Å². The largest absolute Gasteiger partial charge is 0.329 e. The predicted octanol–water partition coefficient (Wildman–Crippen LogP) is -1.68. The Morgan fingerprint density at radius 2 is 2.13 bits per heavy atom. The number of anilines is 1. The number of amides is 2. The topological polar surface area (TPSA) is 128 Å². The summed E-state index contributed by atoms with van der Waals surface area (Å²) in [6.45, 7) is 0.799. The van der Waals surface area contributed by atoms with Crippen LogP contribution < -0.4 is 5.32 Å². The van der Waals surface area contributed by atoms with E-state index >= 15 is 0 Å². The Kier molecular flexibility index (Phi) is 5.31. The summed E-state index contributed by atoms with van der Waals surface area (Å²) >= 11 is 0. The van der Waals surface area contributed by atoms with E-state index < -0.39 is 27.7 Å². The minimum atomic E-state index is -3.16. The molecule has 23 heavy (non-hydrogen) atoms. The number of hydrogen-bond acceptors (Lipinski definition) is 7. The number of carbonyl (C=O) groups is 2. The molecule has 1 aromatic heterocycles. The molecule has 0 spiro atoms. The fourth-order valence-corrected chi connectivity index (χ4v) is 4.07. The molecule has 2 amide bonds. The maximum Gasteiger partial charge on any atom is 0.316 e. The molecule has 1 unspecified atom stereocenters. The van der Waals surface area contributed by atoms with Crippen LogP contribution in [0.15, 0.2) is 6.33 Å². The van der Waals surface area contributed by atoms with E-state index in [0.717, 1.165) is 0 Å². The van der Waals surface area contributed by atoms with Gasteiger partial charge in [-0.25, -0.2) is 13.5 Å². The van der Waals surface area contributed by atoms with Crippen molar-refractivity contribution in [2.45, 2.75) is 12.5 Å². The average molecular weight is 344 g/mol. The summed E-state index contributed by atoms with van der Waals surface area (Å²) in [5.74, 6) is -1.65. The van der Waals surface area contributed by atoms with Gasteiger partial charge in [0, 0.05) is 19.1 Å². The van der Waals surface area contributed by atoms with Crippen LogP contribution in [0.5, 0.6) is 0 Å². The van der Waals surface area contributed by atoms with Crippen molar-refractivity contribution >= 4 is 27.6 Å². The fraction of sp³-hybridized carbons (Fsp3) is 0.667. The van der Waals surface area contributed by atoms with Crippen LogP contribution >= 0.6 is 0 Å². The van der Waals surface area contributed by atoms with Gasteiger partial charge in [-0.2, -0.15) is 10.1 Å². The summed E-state index contributed by atoms with van der Waals surface area (Å²) < 4.78 is 23.3. The lowest BCUT2D eigenvalue weighted by Gasteiger charge is -2.28. The number of aromatic amines is 1. The predicted molar refractivity (Wildman–Crippen MR) is 82.3 cm³/mol. The molecule has 10 nitrogen and oxygen atoms in total. The standard InChI is InChI=1S/C12H20N6O4S/c1-17(2)4-5-18(9-3-6-23(21,22)7-9)11(20)10(19)15-12-13-8-14-16-12/h8-9H,3-7H2,1-2H3,(H2,13,14,15,16,19). The van der Waals surface area contributed by atoms with Crippen LogP contribution in [0, 0.1) is 0 Å². The monoisotopic (exact) mass is 344 g/mol. The molecule has 1 aromatic rings. The molecule has 0 saturated carbocycles. The van der Waals surface area contributed by atoms with Crippen molar-refractivity contribution in [1.82, 2.24) is 25.0 Å². The number of H-pyrrole nitrogens is 1. The van der Waals surface area contributed by atoms with Gasteiger partial charge < -0.3 is 9.80 Å². The Morgan fingerprint density at radius 3 is 2.65 bits per heavy atom. The molecule has 0 aliphatic carbocycles. The minimum Gasteiger partial charge on any atom is -0.329 e. The normalized spacial score (nSPS) is 19.7. The lowest BCUT2D eigenvalue weighted by molar-refractivity contribution is -0.144. The number of rotatable bonds is 5. The van der Waals surface area contributed by atoms with E-state index in [2.05, 4.69) is 20.5 Å². The van der Waals surface area contributed by atoms with E-state index in [0.29, 0.717) is 13.0 Å². The minimum absolute atomic E-state index is 0.0349. The summed E-state index contributed by atoms with van der Waals surface area (Å²) in [6, 6.07) is -0.479.